The maximum Gasteiger partial charge on any atom is 0.264 e. The van der Waals surface area contributed by atoms with Crippen molar-refractivity contribution in [3.8, 4) is 22.7 Å². The van der Waals surface area contributed by atoms with Crippen LogP contribution in [0.25, 0.3) is 39.5 Å². The van der Waals surface area contributed by atoms with Crippen molar-refractivity contribution in [1.29, 1.82) is 0 Å². The summed E-state index contributed by atoms with van der Waals surface area (Å²) >= 11 is 0. The summed E-state index contributed by atoms with van der Waals surface area (Å²) in [5.41, 5.74) is 9.19. The maximum absolute atomic E-state index is 14.9. The number of carbonyl (C=O) groups is 2. The first-order valence-corrected chi connectivity index (χ1v) is 22.1. The van der Waals surface area contributed by atoms with Crippen LogP contribution in [0.15, 0.2) is 61.1 Å². The number of ether oxygens (including phenoxy) is 1. The highest BCUT2D eigenvalue weighted by atomic mass is 32.2. The Kier molecular flexibility index (Phi) is 9.79. The largest absolute Gasteiger partial charge is 0.497 e. The average Bonchev–Trinajstić information content (AvgIpc) is 3.80. The molecule has 1 aliphatic carbocycles. The van der Waals surface area contributed by atoms with Crippen LogP contribution in [0.5, 0.6) is 5.75 Å². The normalized spacial score (nSPS) is 19.8. The van der Waals surface area contributed by atoms with Crippen molar-refractivity contribution < 1.29 is 22.7 Å². The summed E-state index contributed by atoms with van der Waals surface area (Å²) in [5, 5.41) is 5.23. The van der Waals surface area contributed by atoms with Gasteiger partial charge in [0.1, 0.15) is 5.75 Å². The van der Waals surface area contributed by atoms with Crippen LogP contribution < -0.4 is 9.46 Å². The van der Waals surface area contributed by atoms with Crippen molar-refractivity contribution in [3.05, 3.63) is 94.6 Å². The molecule has 2 atom stereocenters. The fraction of sp³-hybridized carbons (Fsp3) is 0.422. The number of hydrogen-bond acceptors (Lipinski definition) is 8. The van der Waals surface area contributed by atoms with Crippen molar-refractivity contribution in [2.45, 2.75) is 95.5 Å². The Hall–Kier alpha value is -5.27. The molecule has 5 aromatic rings. The van der Waals surface area contributed by atoms with E-state index in [9.17, 15) is 18.0 Å². The number of benzene rings is 2. The lowest BCUT2D eigenvalue weighted by molar-refractivity contribution is 0.0523. The summed E-state index contributed by atoms with van der Waals surface area (Å²) in [6.45, 7) is 6.78. The number of likely N-dealkylation sites (N-methyl/N-ethyl adjacent to an activating group) is 1. The van der Waals surface area contributed by atoms with Crippen LogP contribution in [0.3, 0.4) is 0 Å². The number of hydrogen-bond donors (Lipinski definition) is 1. The minimum atomic E-state index is -3.86. The van der Waals surface area contributed by atoms with Gasteiger partial charge in [0.25, 0.3) is 11.8 Å². The van der Waals surface area contributed by atoms with Crippen LogP contribution in [-0.4, -0.2) is 93.9 Å². The molecule has 1 N–H and O–H groups in total. The predicted molar refractivity (Wildman–Crippen MR) is 226 cm³/mol. The van der Waals surface area contributed by atoms with Gasteiger partial charge in [0.2, 0.25) is 10.0 Å². The Bertz CT molecular complexity index is 2590. The van der Waals surface area contributed by atoms with E-state index >= 15 is 0 Å². The number of aryl methyl sites for hydroxylation is 1. The van der Waals surface area contributed by atoms with Crippen molar-refractivity contribution >= 4 is 44.4 Å². The number of allylic oxidation sites excluding steroid dienone is 1. The number of sulfonamides is 1. The van der Waals surface area contributed by atoms with Gasteiger partial charge in [-0.2, -0.15) is 5.10 Å². The summed E-state index contributed by atoms with van der Waals surface area (Å²) in [6, 6.07) is 14.3. The molecule has 302 valence electrons. The molecule has 3 aliphatic heterocycles. The number of amides is 2. The minimum absolute atomic E-state index is 0.0419. The number of carbonyl (C=O) groups excluding carboxylic acids is 2. The van der Waals surface area contributed by atoms with E-state index < -0.39 is 21.2 Å². The van der Waals surface area contributed by atoms with E-state index in [1.54, 1.807) is 39.4 Å². The number of rotatable bonds is 8. The molecule has 0 spiro atoms. The quantitative estimate of drug-likeness (QED) is 0.175. The first kappa shape index (κ1) is 38.3. The summed E-state index contributed by atoms with van der Waals surface area (Å²) in [5.74, 6) is 0.297. The van der Waals surface area contributed by atoms with Crippen molar-refractivity contribution in [3.63, 3.8) is 0 Å². The molecule has 0 radical (unpaired) electrons. The van der Waals surface area contributed by atoms with Crippen molar-refractivity contribution in [1.82, 2.24) is 33.9 Å². The van der Waals surface area contributed by atoms with Crippen LogP contribution in [0, 0.1) is 6.92 Å². The second-order valence-electron chi connectivity index (χ2n) is 16.8. The smallest absolute Gasteiger partial charge is 0.264 e. The number of nitrogens with zero attached hydrogens (tertiary/aromatic N) is 6. The third kappa shape index (κ3) is 6.52. The van der Waals surface area contributed by atoms with E-state index in [0.717, 1.165) is 83.1 Å². The van der Waals surface area contributed by atoms with Crippen molar-refractivity contribution in [2.75, 3.05) is 27.2 Å². The Morgan fingerprint density at radius 3 is 2.40 bits per heavy atom. The van der Waals surface area contributed by atoms with E-state index in [1.165, 1.54) is 12.0 Å². The second-order valence-corrected chi connectivity index (χ2v) is 19.0. The summed E-state index contributed by atoms with van der Waals surface area (Å²) in [6.07, 6.45) is 15.2. The molecule has 3 fully saturated rings. The molecular formula is C45H51N7O5S. The average molecular weight is 802 g/mol. The molecule has 9 rings (SSSR count). The van der Waals surface area contributed by atoms with Gasteiger partial charge in [-0.1, -0.05) is 25.3 Å². The molecule has 12 nitrogen and oxygen atoms in total. The van der Waals surface area contributed by atoms with Gasteiger partial charge in [0.15, 0.2) is 0 Å². The molecular weight excluding hydrogens is 751 g/mol. The number of pyridine rings is 1. The van der Waals surface area contributed by atoms with E-state index in [4.69, 9.17) is 9.84 Å². The fourth-order valence-electron chi connectivity index (χ4n) is 9.78. The Labute approximate surface area is 339 Å². The van der Waals surface area contributed by atoms with Gasteiger partial charge in [-0.15, -0.1) is 0 Å². The highest BCUT2D eigenvalue weighted by molar-refractivity contribution is 7.90. The lowest BCUT2D eigenvalue weighted by Crippen LogP contribution is -2.53. The number of likely N-dealkylation sites (tertiary alicyclic amines) is 1. The number of aromatic nitrogens is 4. The van der Waals surface area contributed by atoms with Gasteiger partial charge in [-0.3, -0.25) is 19.5 Å². The Morgan fingerprint density at radius 2 is 1.69 bits per heavy atom. The van der Waals surface area contributed by atoms with Crippen molar-refractivity contribution in [2.24, 2.45) is 0 Å². The van der Waals surface area contributed by atoms with E-state index in [-0.39, 0.29) is 11.5 Å². The first-order chi connectivity index (χ1) is 27.9. The molecule has 2 amide bonds. The number of piperazine rings is 1. The molecule has 2 saturated heterocycles. The van der Waals surface area contributed by atoms with E-state index in [1.807, 2.05) is 47.0 Å². The highest BCUT2D eigenvalue weighted by Gasteiger charge is 2.41. The zero-order chi connectivity index (χ0) is 40.5. The van der Waals surface area contributed by atoms with Gasteiger partial charge in [-0.05, 0) is 124 Å². The SMILES string of the molecule is COc1ccc2c(c1)C=C(c1c(C(=O)N3CC4CCC(C3)N4C)cnn1-c1ccncc1C)Cn1c-2c(C2CCCCC2)c2ccc(C(=O)NS(=O)(=O)C(C)C)cc21. The number of methoxy groups -OCH3 is 1. The standard InChI is InChI=1S/C45H51N7O5S/c1-27(2)58(55,56)48-44(53)30-11-15-37-40(21-30)51-24-32(19-31-20-35(57-5)14-16-36(31)43(51)41(37)29-9-7-6-8-10-29)42-38(23-47-52(42)39-17-18-46-22-28(39)3)45(54)50-25-33-12-13-34(26-50)49(33)4/h11,14-23,27,29,33-34H,6-10,12-13,24-26H2,1-5H3,(H,48,53). The number of nitrogens with one attached hydrogen (secondary N) is 1. The van der Waals surface area contributed by atoms with Gasteiger partial charge in [0, 0.05) is 59.6 Å². The minimum Gasteiger partial charge on any atom is -0.497 e. The molecule has 3 aromatic heterocycles. The molecule has 58 heavy (non-hydrogen) atoms. The summed E-state index contributed by atoms with van der Waals surface area (Å²) < 4.78 is 38.0. The van der Waals surface area contributed by atoms with Crippen LogP contribution in [0.4, 0.5) is 0 Å². The highest BCUT2D eigenvalue weighted by Crippen LogP contribution is 2.48. The lowest BCUT2D eigenvalue weighted by Gasteiger charge is -2.38. The fourth-order valence-corrected chi connectivity index (χ4v) is 10.4. The molecule has 2 aromatic carbocycles. The van der Waals surface area contributed by atoms with Crippen LogP contribution >= 0.6 is 0 Å². The predicted octanol–water partition coefficient (Wildman–Crippen LogP) is 7.19. The van der Waals surface area contributed by atoms with Crippen LogP contribution in [0.1, 0.15) is 108 Å². The molecule has 6 heterocycles. The maximum atomic E-state index is 14.9. The first-order valence-electron chi connectivity index (χ1n) is 20.5. The van der Waals surface area contributed by atoms with Crippen LogP contribution in [-0.2, 0) is 16.6 Å². The molecule has 13 heteroatoms. The van der Waals surface area contributed by atoms with E-state index in [0.29, 0.717) is 54.6 Å². The Balaban J connectivity index is 1.28. The summed E-state index contributed by atoms with van der Waals surface area (Å²) in [7, 11) is -0.0273. The lowest BCUT2D eigenvalue weighted by atomic mass is 9.81. The van der Waals surface area contributed by atoms with E-state index in [2.05, 4.69) is 44.4 Å². The topological polar surface area (TPSA) is 132 Å². The monoisotopic (exact) mass is 801 g/mol. The van der Waals surface area contributed by atoms with Gasteiger partial charge >= 0.3 is 0 Å². The van der Waals surface area contributed by atoms with Crippen LogP contribution in [0.2, 0.25) is 0 Å². The third-order valence-electron chi connectivity index (χ3n) is 13.1. The molecule has 4 aliphatic rings. The summed E-state index contributed by atoms with van der Waals surface area (Å²) in [4.78, 5) is 37.3. The Morgan fingerprint density at radius 1 is 0.931 bits per heavy atom. The van der Waals surface area contributed by atoms with Gasteiger partial charge in [-0.25, -0.2) is 17.8 Å². The molecule has 1 saturated carbocycles. The second kappa shape index (κ2) is 14.8. The molecule has 2 bridgehead atoms. The van der Waals surface area contributed by atoms with Gasteiger partial charge < -0.3 is 14.2 Å². The number of fused-ring (bicyclic) bond motifs is 7. The van der Waals surface area contributed by atoms with Gasteiger partial charge in [0.05, 0.1) is 47.7 Å². The third-order valence-corrected chi connectivity index (χ3v) is 14.8. The zero-order valence-electron chi connectivity index (χ0n) is 33.9. The zero-order valence-corrected chi connectivity index (χ0v) is 34.7. The molecule has 2 unspecified atom stereocenters.